The van der Waals surface area contributed by atoms with Crippen LogP contribution >= 0.6 is 11.6 Å². The Balaban J connectivity index is 1.92. The Kier molecular flexibility index (Phi) is 5.45. The summed E-state index contributed by atoms with van der Waals surface area (Å²) < 4.78 is 11.4. The van der Waals surface area contributed by atoms with Crippen molar-refractivity contribution in [2.75, 3.05) is 0 Å². The van der Waals surface area contributed by atoms with Crippen LogP contribution in [-0.2, 0) is 0 Å². The maximum atomic E-state index is 11.4. The van der Waals surface area contributed by atoms with E-state index in [0.717, 1.165) is 0 Å². The lowest BCUT2D eigenvalue weighted by Gasteiger charge is -2.12. The van der Waals surface area contributed by atoms with Gasteiger partial charge in [-0.25, -0.2) is 4.79 Å². The summed E-state index contributed by atoms with van der Waals surface area (Å²) in [6.45, 7) is 0. The topological polar surface area (TPSA) is 103 Å². The van der Waals surface area contributed by atoms with E-state index >= 15 is 0 Å². The number of carbonyl (C=O) groups is 1. The first-order chi connectivity index (χ1) is 13.5. The minimum Gasteiger partial charge on any atom is -0.478 e. The molecule has 0 heterocycles. The van der Waals surface area contributed by atoms with E-state index in [1.165, 1.54) is 36.4 Å². The summed E-state index contributed by atoms with van der Waals surface area (Å²) in [5.74, 6) is -0.00277. The molecule has 0 aromatic heterocycles. The van der Waals surface area contributed by atoms with Gasteiger partial charge in [0.25, 0.3) is 0 Å². The van der Waals surface area contributed by atoms with Crippen LogP contribution in [0.4, 0.5) is 0 Å². The van der Waals surface area contributed by atoms with E-state index in [1.54, 1.807) is 24.3 Å². The number of rotatable bonds is 5. The minimum absolute atomic E-state index is 0.0362. The maximum absolute atomic E-state index is 11.4. The number of nitriles is 2. The molecule has 7 heteroatoms. The molecule has 0 aliphatic heterocycles. The van der Waals surface area contributed by atoms with E-state index in [1.807, 2.05) is 12.1 Å². The highest BCUT2D eigenvalue weighted by Crippen LogP contribution is 2.34. The molecule has 0 aliphatic rings. The van der Waals surface area contributed by atoms with Crippen molar-refractivity contribution in [1.82, 2.24) is 0 Å². The molecule has 0 spiro atoms. The lowest BCUT2D eigenvalue weighted by atomic mass is 10.2. The molecule has 0 unspecified atom stereocenters. The molecule has 136 valence electrons. The SMILES string of the molecule is N#Cc1ccc(Oc2cc(Oc3ccc(C#N)cc3Cl)cc(C(=O)O)c2)cc1. The number of hydrogen-bond donors (Lipinski definition) is 1. The maximum Gasteiger partial charge on any atom is 0.335 e. The van der Waals surface area contributed by atoms with Gasteiger partial charge in [0.05, 0.1) is 33.9 Å². The quantitative estimate of drug-likeness (QED) is 0.628. The third-order valence-corrected chi connectivity index (χ3v) is 3.93. The zero-order chi connectivity index (χ0) is 20.1. The number of carboxylic acids is 1. The molecule has 0 amide bonds. The molecule has 28 heavy (non-hydrogen) atoms. The molecule has 0 fully saturated rings. The number of aromatic carboxylic acids is 1. The number of hydrogen-bond acceptors (Lipinski definition) is 5. The summed E-state index contributed by atoms with van der Waals surface area (Å²) in [7, 11) is 0. The van der Waals surface area contributed by atoms with E-state index in [2.05, 4.69) is 0 Å². The Labute approximate surface area is 165 Å². The lowest BCUT2D eigenvalue weighted by Crippen LogP contribution is -1.98. The minimum atomic E-state index is -1.15. The van der Waals surface area contributed by atoms with Crippen LogP contribution in [0.15, 0.2) is 60.7 Å². The Morgan fingerprint density at radius 1 is 0.821 bits per heavy atom. The number of carboxylic acid groups (broad SMARTS) is 1. The third kappa shape index (κ3) is 4.39. The van der Waals surface area contributed by atoms with Crippen molar-refractivity contribution in [1.29, 1.82) is 10.5 Å². The van der Waals surface area contributed by atoms with Crippen molar-refractivity contribution in [3.63, 3.8) is 0 Å². The predicted molar refractivity (Wildman–Crippen MR) is 101 cm³/mol. The van der Waals surface area contributed by atoms with E-state index in [9.17, 15) is 9.90 Å². The van der Waals surface area contributed by atoms with E-state index in [0.29, 0.717) is 16.9 Å². The first-order valence-electron chi connectivity index (χ1n) is 7.92. The highest BCUT2D eigenvalue weighted by molar-refractivity contribution is 6.32. The van der Waals surface area contributed by atoms with Gasteiger partial charge in [0.15, 0.2) is 0 Å². The van der Waals surface area contributed by atoms with E-state index in [-0.39, 0.29) is 27.8 Å². The molecule has 0 atom stereocenters. The Morgan fingerprint density at radius 3 is 2.00 bits per heavy atom. The van der Waals surface area contributed by atoms with Crippen molar-refractivity contribution >= 4 is 17.6 Å². The molecule has 3 rings (SSSR count). The molecule has 3 aromatic rings. The standard InChI is InChI=1S/C21H11ClN2O4/c22-19-7-14(12-24)3-6-20(19)28-18-9-15(21(25)26)8-17(10-18)27-16-4-1-13(11-23)2-5-16/h1-10H,(H,25,26). The summed E-state index contributed by atoms with van der Waals surface area (Å²) in [6, 6.07) is 19.1. The zero-order valence-electron chi connectivity index (χ0n) is 14.2. The van der Waals surface area contributed by atoms with Crippen LogP contribution < -0.4 is 9.47 Å². The van der Waals surface area contributed by atoms with Gasteiger partial charge in [-0.15, -0.1) is 0 Å². The van der Waals surface area contributed by atoms with Crippen LogP contribution in [0.3, 0.4) is 0 Å². The summed E-state index contributed by atoms with van der Waals surface area (Å²) in [6.07, 6.45) is 0. The normalized spacial score (nSPS) is 9.82. The number of nitrogens with zero attached hydrogens (tertiary/aromatic N) is 2. The van der Waals surface area contributed by atoms with Crippen LogP contribution in [0.2, 0.25) is 5.02 Å². The molecule has 0 aliphatic carbocycles. The van der Waals surface area contributed by atoms with Gasteiger partial charge in [-0.1, -0.05) is 11.6 Å². The van der Waals surface area contributed by atoms with Crippen LogP contribution in [0.1, 0.15) is 21.5 Å². The molecule has 0 radical (unpaired) electrons. The molecule has 6 nitrogen and oxygen atoms in total. The van der Waals surface area contributed by atoms with E-state index < -0.39 is 5.97 Å². The van der Waals surface area contributed by atoms with Crippen molar-refractivity contribution in [2.24, 2.45) is 0 Å². The van der Waals surface area contributed by atoms with Gasteiger partial charge in [0.2, 0.25) is 0 Å². The summed E-state index contributed by atoms with van der Waals surface area (Å²) >= 11 is 6.11. The second kappa shape index (κ2) is 8.13. The average molecular weight is 391 g/mol. The first-order valence-corrected chi connectivity index (χ1v) is 8.30. The average Bonchev–Trinajstić information content (AvgIpc) is 2.70. The number of ether oxygens (including phenoxy) is 2. The first kappa shape index (κ1) is 18.8. The second-order valence-electron chi connectivity index (χ2n) is 5.60. The van der Waals surface area contributed by atoms with Gasteiger partial charge < -0.3 is 14.6 Å². The van der Waals surface area contributed by atoms with Crippen molar-refractivity contribution in [2.45, 2.75) is 0 Å². The monoisotopic (exact) mass is 390 g/mol. The molecular weight excluding hydrogens is 380 g/mol. The van der Waals surface area contributed by atoms with Crippen LogP contribution in [0, 0.1) is 22.7 Å². The Morgan fingerprint density at radius 2 is 1.43 bits per heavy atom. The van der Waals surface area contributed by atoms with E-state index in [4.69, 9.17) is 31.6 Å². The van der Waals surface area contributed by atoms with Crippen molar-refractivity contribution in [3.8, 4) is 35.1 Å². The highest BCUT2D eigenvalue weighted by atomic mass is 35.5. The highest BCUT2D eigenvalue weighted by Gasteiger charge is 2.12. The molecule has 0 saturated carbocycles. The summed E-state index contributed by atoms with van der Waals surface area (Å²) in [4.78, 5) is 11.4. The fourth-order valence-electron chi connectivity index (χ4n) is 2.33. The van der Waals surface area contributed by atoms with Crippen LogP contribution in [0.5, 0.6) is 23.0 Å². The van der Waals surface area contributed by atoms with Gasteiger partial charge in [-0.05, 0) is 54.6 Å². The molecule has 0 saturated heterocycles. The van der Waals surface area contributed by atoms with Gasteiger partial charge in [-0.3, -0.25) is 0 Å². The summed E-state index contributed by atoms with van der Waals surface area (Å²) in [5, 5.41) is 27.3. The summed E-state index contributed by atoms with van der Waals surface area (Å²) in [5.41, 5.74) is 0.818. The van der Waals surface area contributed by atoms with Crippen molar-refractivity contribution in [3.05, 3.63) is 82.4 Å². The number of benzene rings is 3. The lowest BCUT2D eigenvalue weighted by molar-refractivity contribution is 0.0696. The molecule has 3 aromatic carbocycles. The van der Waals surface area contributed by atoms with Crippen molar-refractivity contribution < 1.29 is 19.4 Å². The third-order valence-electron chi connectivity index (χ3n) is 3.63. The Bertz CT molecular complexity index is 1130. The molecular formula is C21H11ClN2O4. The van der Waals surface area contributed by atoms with Gasteiger partial charge in [0, 0.05) is 6.07 Å². The molecule has 1 N–H and O–H groups in total. The smallest absolute Gasteiger partial charge is 0.335 e. The Hall–Kier alpha value is -4.00. The van der Waals surface area contributed by atoms with Gasteiger partial charge in [0.1, 0.15) is 23.0 Å². The zero-order valence-corrected chi connectivity index (χ0v) is 15.0. The van der Waals surface area contributed by atoms with Gasteiger partial charge in [-0.2, -0.15) is 10.5 Å². The second-order valence-corrected chi connectivity index (χ2v) is 6.00. The van der Waals surface area contributed by atoms with Crippen LogP contribution in [0.25, 0.3) is 0 Å². The molecule has 0 bridgehead atoms. The largest absolute Gasteiger partial charge is 0.478 e. The predicted octanol–water partition coefficient (Wildman–Crippen LogP) is 5.37. The number of halogens is 1. The fourth-order valence-corrected chi connectivity index (χ4v) is 2.55. The fraction of sp³-hybridized carbons (Fsp3) is 0. The van der Waals surface area contributed by atoms with Crippen LogP contribution in [-0.4, -0.2) is 11.1 Å². The van der Waals surface area contributed by atoms with Gasteiger partial charge >= 0.3 is 5.97 Å².